The Balaban J connectivity index is 0.00000392. The first-order valence-corrected chi connectivity index (χ1v) is 9.30. The average molecular weight is 497 g/mol. The van der Waals surface area contributed by atoms with E-state index in [1.165, 1.54) is 11.1 Å². The topological polar surface area (TPSA) is 54.9 Å². The number of hydrogen-bond donors (Lipinski definition) is 2. The van der Waals surface area contributed by atoms with Crippen molar-refractivity contribution in [3.8, 4) is 11.5 Å². The van der Waals surface area contributed by atoms with Crippen LogP contribution in [0.3, 0.4) is 0 Å². The lowest BCUT2D eigenvalue weighted by atomic mass is 10.0. The van der Waals surface area contributed by atoms with Crippen LogP contribution in [0.4, 0.5) is 0 Å². The number of benzene rings is 2. The molecule has 5 nitrogen and oxygen atoms in total. The Morgan fingerprint density at radius 1 is 1.04 bits per heavy atom. The van der Waals surface area contributed by atoms with Gasteiger partial charge >= 0.3 is 0 Å². The second-order valence-electron chi connectivity index (χ2n) is 6.58. The van der Waals surface area contributed by atoms with E-state index in [0.717, 1.165) is 42.5 Å². The Hall–Kier alpha value is -1.96. The molecule has 2 rings (SSSR count). The number of para-hydroxylation sites is 1. The third kappa shape index (κ3) is 6.89. The molecular weight excluding hydrogens is 465 g/mol. The van der Waals surface area contributed by atoms with Gasteiger partial charge in [-0.1, -0.05) is 37.3 Å². The van der Waals surface area contributed by atoms with Gasteiger partial charge in [-0.25, -0.2) is 0 Å². The molecule has 0 bridgehead atoms. The van der Waals surface area contributed by atoms with E-state index < -0.39 is 0 Å². The molecule has 0 spiro atoms. The zero-order valence-electron chi connectivity index (χ0n) is 17.4. The van der Waals surface area contributed by atoms with Crippen LogP contribution in [-0.2, 0) is 6.42 Å². The van der Waals surface area contributed by atoms with Gasteiger partial charge in [-0.05, 0) is 42.2 Å². The number of aliphatic imine (C=N–C) groups is 1. The Morgan fingerprint density at radius 3 is 2.43 bits per heavy atom. The molecule has 0 aromatic heterocycles. The van der Waals surface area contributed by atoms with Crippen molar-refractivity contribution in [1.29, 1.82) is 0 Å². The summed E-state index contributed by atoms with van der Waals surface area (Å²) >= 11 is 0. The van der Waals surface area contributed by atoms with Gasteiger partial charge in [0.05, 0.1) is 14.2 Å². The van der Waals surface area contributed by atoms with Crippen LogP contribution < -0.4 is 20.1 Å². The van der Waals surface area contributed by atoms with Crippen LogP contribution in [0.25, 0.3) is 0 Å². The molecule has 154 valence electrons. The number of guanidine groups is 1. The van der Waals surface area contributed by atoms with Crippen molar-refractivity contribution in [3.63, 3.8) is 0 Å². The quantitative estimate of drug-likeness (QED) is 0.327. The molecule has 0 saturated heterocycles. The number of nitrogens with zero attached hydrogens (tertiary/aromatic N) is 1. The predicted octanol–water partition coefficient (Wildman–Crippen LogP) is 4.14. The summed E-state index contributed by atoms with van der Waals surface area (Å²) in [7, 11) is 5.20. The minimum absolute atomic E-state index is 0. The highest BCUT2D eigenvalue weighted by Crippen LogP contribution is 2.25. The predicted molar refractivity (Wildman–Crippen MR) is 128 cm³/mol. The third-order valence-corrected chi connectivity index (χ3v) is 4.65. The standard InChI is InChI=1S/C22H31N3O2.HI/c1-16-10-11-18(14-21(16)27-5)12-13-24-22(23-3)25-15-17(2)19-8-6-7-9-20(19)26-4;/h6-11,14,17H,12-13,15H2,1-5H3,(H2,23,24,25);1H. The summed E-state index contributed by atoms with van der Waals surface area (Å²) in [5.41, 5.74) is 3.58. The molecule has 2 aromatic carbocycles. The minimum atomic E-state index is 0. The molecule has 0 saturated carbocycles. The average Bonchev–Trinajstić information content (AvgIpc) is 2.71. The number of hydrogen-bond acceptors (Lipinski definition) is 3. The van der Waals surface area contributed by atoms with Crippen molar-refractivity contribution in [2.45, 2.75) is 26.2 Å². The summed E-state index contributed by atoms with van der Waals surface area (Å²) in [6.45, 7) is 5.81. The zero-order chi connectivity index (χ0) is 19.6. The fourth-order valence-electron chi connectivity index (χ4n) is 3.00. The van der Waals surface area contributed by atoms with Crippen molar-refractivity contribution in [2.24, 2.45) is 4.99 Å². The van der Waals surface area contributed by atoms with Crippen LogP contribution in [0.2, 0.25) is 0 Å². The van der Waals surface area contributed by atoms with Crippen molar-refractivity contribution in [1.82, 2.24) is 10.6 Å². The molecule has 28 heavy (non-hydrogen) atoms. The maximum Gasteiger partial charge on any atom is 0.191 e. The second kappa shape index (κ2) is 12.5. The van der Waals surface area contributed by atoms with Crippen LogP contribution in [0, 0.1) is 6.92 Å². The van der Waals surface area contributed by atoms with Crippen molar-refractivity contribution < 1.29 is 9.47 Å². The molecule has 0 aliphatic heterocycles. The van der Waals surface area contributed by atoms with Gasteiger partial charge in [0.15, 0.2) is 5.96 Å². The molecule has 6 heteroatoms. The van der Waals surface area contributed by atoms with Gasteiger partial charge < -0.3 is 20.1 Å². The maximum absolute atomic E-state index is 5.46. The lowest BCUT2D eigenvalue weighted by molar-refractivity contribution is 0.406. The van der Waals surface area contributed by atoms with E-state index in [9.17, 15) is 0 Å². The highest BCUT2D eigenvalue weighted by atomic mass is 127. The highest BCUT2D eigenvalue weighted by molar-refractivity contribution is 14.0. The molecule has 2 N–H and O–H groups in total. The molecule has 0 amide bonds. The summed E-state index contributed by atoms with van der Waals surface area (Å²) in [6.07, 6.45) is 0.902. The van der Waals surface area contributed by atoms with Gasteiger partial charge in [0.2, 0.25) is 0 Å². The molecule has 0 radical (unpaired) electrons. The smallest absolute Gasteiger partial charge is 0.191 e. The number of nitrogens with one attached hydrogen (secondary N) is 2. The van der Waals surface area contributed by atoms with Gasteiger partial charge in [0.1, 0.15) is 11.5 Å². The summed E-state index contributed by atoms with van der Waals surface area (Å²) in [6, 6.07) is 14.5. The Kier molecular flexibility index (Phi) is 10.7. The number of methoxy groups -OCH3 is 2. The molecular formula is C22H32IN3O2. The first-order chi connectivity index (χ1) is 13.1. The van der Waals surface area contributed by atoms with Crippen molar-refractivity contribution >= 4 is 29.9 Å². The molecule has 2 aromatic rings. The fraction of sp³-hybridized carbons (Fsp3) is 0.409. The lowest BCUT2D eigenvalue weighted by Gasteiger charge is -2.18. The molecule has 0 heterocycles. The number of aryl methyl sites for hydroxylation is 1. The monoisotopic (exact) mass is 497 g/mol. The molecule has 1 atom stereocenters. The Bertz CT molecular complexity index is 765. The van der Waals surface area contributed by atoms with Crippen molar-refractivity contribution in [2.75, 3.05) is 34.4 Å². The van der Waals surface area contributed by atoms with Gasteiger partial charge in [-0.3, -0.25) is 4.99 Å². The summed E-state index contributed by atoms with van der Waals surface area (Å²) in [4.78, 5) is 4.31. The SMILES string of the molecule is CN=C(NCCc1ccc(C)c(OC)c1)NCC(C)c1ccccc1OC.I. The normalized spacial score (nSPS) is 12.0. The van der Waals surface area contributed by atoms with Crippen LogP contribution in [0.5, 0.6) is 11.5 Å². The number of halogens is 1. The largest absolute Gasteiger partial charge is 0.496 e. The van der Waals surface area contributed by atoms with E-state index in [4.69, 9.17) is 9.47 Å². The maximum atomic E-state index is 5.46. The molecule has 0 aliphatic carbocycles. The summed E-state index contributed by atoms with van der Waals surface area (Å²) in [5, 5.41) is 6.77. The minimum Gasteiger partial charge on any atom is -0.496 e. The molecule has 0 aliphatic rings. The second-order valence-corrected chi connectivity index (χ2v) is 6.58. The van der Waals surface area contributed by atoms with E-state index in [-0.39, 0.29) is 24.0 Å². The number of ether oxygens (including phenoxy) is 2. The zero-order valence-corrected chi connectivity index (χ0v) is 19.7. The Labute approximate surface area is 186 Å². The number of rotatable bonds is 8. The van der Waals surface area contributed by atoms with E-state index >= 15 is 0 Å². The van der Waals surface area contributed by atoms with E-state index in [0.29, 0.717) is 5.92 Å². The van der Waals surface area contributed by atoms with Gasteiger partial charge in [-0.15, -0.1) is 24.0 Å². The van der Waals surface area contributed by atoms with Crippen molar-refractivity contribution in [3.05, 3.63) is 59.2 Å². The molecule has 0 fully saturated rings. The highest BCUT2D eigenvalue weighted by Gasteiger charge is 2.11. The first kappa shape index (κ1) is 24.1. The van der Waals surface area contributed by atoms with Gasteiger partial charge in [0, 0.05) is 26.1 Å². The third-order valence-electron chi connectivity index (χ3n) is 4.65. The van der Waals surface area contributed by atoms with E-state index in [1.54, 1.807) is 21.3 Å². The van der Waals surface area contributed by atoms with Crippen LogP contribution in [0.1, 0.15) is 29.5 Å². The van der Waals surface area contributed by atoms with E-state index in [2.05, 4.69) is 53.7 Å². The van der Waals surface area contributed by atoms with Gasteiger partial charge in [-0.2, -0.15) is 0 Å². The van der Waals surface area contributed by atoms with Crippen LogP contribution in [-0.4, -0.2) is 40.3 Å². The molecule has 1 unspecified atom stereocenters. The van der Waals surface area contributed by atoms with Gasteiger partial charge in [0.25, 0.3) is 0 Å². The van der Waals surface area contributed by atoms with Crippen LogP contribution in [0.15, 0.2) is 47.5 Å². The lowest BCUT2D eigenvalue weighted by Crippen LogP contribution is -2.39. The summed E-state index contributed by atoms with van der Waals surface area (Å²) < 4.78 is 10.9. The fourth-order valence-corrected chi connectivity index (χ4v) is 3.00. The van der Waals surface area contributed by atoms with Crippen LogP contribution >= 0.6 is 24.0 Å². The van der Waals surface area contributed by atoms with E-state index in [1.807, 2.05) is 18.2 Å². The Morgan fingerprint density at radius 2 is 1.75 bits per heavy atom. The first-order valence-electron chi connectivity index (χ1n) is 9.30. The summed E-state index contributed by atoms with van der Waals surface area (Å²) in [5.74, 6) is 2.96.